The van der Waals surface area contributed by atoms with Crippen LogP contribution >= 0.6 is 0 Å². The van der Waals surface area contributed by atoms with Crippen LogP contribution in [0.25, 0.3) is 11.3 Å². The predicted molar refractivity (Wildman–Crippen MR) is 130 cm³/mol. The highest BCUT2D eigenvalue weighted by Gasteiger charge is 2.24. The summed E-state index contributed by atoms with van der Waals surface area (Å²) in [6, 6.07) is 13.3. The molecular weight excluding hydrogens is 462 g/mol. The molecule has 2 aliphatic rings. The maximum Gasteiger partial charge on any atom is 0.351 e. The Morgan fingerprint density at radius 1 is 1.25 bits per heavy atom. The lowest BCUT2D eigenvalue weighted by Crippen LogP contribution is -2.35. The van der Waals surface area contributed by atoms with Crippen molar-refractivity contribution in [1.29, 1.82) is 0 Å². The Balaban J connectivity index is 1.19. The molecule has 1 N–H and O–H groups in total. The lowest BCUT2D eigenvalue weighted by atomic mass is 9.97. The number of hydrogen-bond acceptors (Lipinski definition) is 8. The molecule has 184 valence electrons. The highest BCUT2D eigenvalue weighted by Crippen LogP contribution is 2.34. The Bertz CT molecular complexity index is 1480. The van der Waals surface area contributed by atoms with E-state index < -0.39 is 0 Å². The van der Waals surface area contributed by atoms with E-state index in [0.29, 0.717) is 31.2 Å². The SMILES string of the molecule is Cc1cc(C(C)Oc2ccc3c(c2)CCn2c-3cc(OCC3COc4ncccc4O3)nc2=O)n[nH]1. The molecule has 0 saturated carbocycles. The van der Waals surface area contributed by atoms with Gasteiger partial charge in [0.1, 0.15) is 30.8 Å². The molecule has 0 saturated heterocycles. The third kappa shape index (κ3) is 4.26. The molecule has 0 spiro atoms. The fraction of sp³-hybridized carbons (Fsp3) is 0.308. The quantitative estimate of drug-likeness (QED) is 0.441. The standard InChI is InChI=1S/C26H25N5O5/c1-15-10-21(30-29-15)16(2)35-18-5-6-20-17(11-18)7-9-31-22(20)12-24(28-26(31)32)33-13-19-14-34-25-23(36-19)4-3-8-27-25/h3-6,8,10-12,16,19H,7,9,13-14H2,1-2H3,(H,29,30). The monoisotopic (exact) mass is 487 g/mol. The molecule has 10 heteroatoms. The van der Waals surface area contributed by atoms with Gasteiger partial charge in [0, 0.05) is 30.1 Å². The van der Waals surface area contributed by atoms with Gasteiger partial charge in [0.15, 0.2) is 11.9 Å². The van der Waals surface area contributed by atoms with Crippen LogP contribution in [0.4, 0.5) is 0 Å². The Kier molecular flexibility index (Phi) is 5.55. The number of aromatic amines is 1. The summed E-state index contributed by atoms with van der Waals surface area (Å²) < 4.78 is 25.2. The van der Waals surface area contributed by atoms with Gasteiger partial charge in [-0.3, -0.25) is 9.67 Å². The number of aryl methyl sites for hydroxylation is 2. The van der Waals surface area contributed by atoms with Crippen LogP contribution in [0.15, 0.2) is 53.5 Å². The summed E-state index contributed by atoms with van der Waals surface area (Å²) in [4.78, 5) is 21.0. The van der Waals surface area contributed by atoms with Gasteiger partial charge in [0.05, 0.1) is 5.69 Å². The molecule has 2 unspecified atom stereocenters. The third-order valence-corrected chi connectivity index (χ3v) is 6.25. The first-order chi connectivity index (χ1) is 17.5. The Morgan fingerprint density at radius 2 is 2.17 bits per heavy atom. The highest BCUT2D eigenvalue weighted by molar-refractivity contribution is 5.67. The Labute approximate surface area is 206 Å². The van der Waals surface area contributed by atoms with Crippen LogP contribution in [0.1, 0.15) is 30.0 Å². The van der Waals surface area contributed by atoms with Crippen molar-refractivity contribution >= 4 is 0 Å². The molecule has 0 fully saturated rings. The van der Waals surface area contributed by atoms with E-state index in [-0.39, 0.29) is 30.4 Å². The molecule has 0 bridgehead atoms. The number of rotatable bonds is 6. The summed E-state index contributed by atoms with van der Waals surface area (Å²) in [5.74, 6) is 2.04. The Morgan fingerprint density at radius 3 is 3.03 bits per heavy atom. The molecule has 5 heterocycles. The van der Waals surface area contributed by atoms with Crippen molar-refractivity contribution in [3.05, 3.63) is 76.1 Å². The second-order valence-electron chi connectivity index (χ2n) is 8.89. The fourth-order valence-electron chi connectivity index (χ4n) is 4.46. The molecule has 10 nitrogen and oxygen atoms in total. The summed E-state index contributed by atoms with van der Waals surface area (Å²) in [6.45, 7) is 4.95. The topological polar surface area (TPSA) is 113 Å². The number of benzene rings is 1. The van der Waals surface area contributed by atoms with Crippen molar-refractivity contribution in [3.63, 3.8) is 0 Å². The van der Waals surface area contributed by atoms with Crippen LogP contribution in [0.3, 0.4) is 0 Å². The lowest BCUT2D eigenvalue weighted by Gasteiger charge is -2.26. The zero-order chi connectivity index (χ0) is 24.6. The summed E-state index contributed by atoms with van der Waals surface area (Å²) in [6.07, 6.45) is 1.83. The average molecular weight is 488 g/mol. The molecule has 2 aliphatic heterocycles. The normalized spacial score (nSPS) is 16.6. The van der Waals surface area contributed by atoms with Gasteiger partial charge in [-0.1, -0.05) is 0 Å². The van der Waals surface area contributed by atoms with Gasteiger partial charge in [0.2, 0.25) is 5.88 Å². The first-order valence-electron chi connectivity index (χ1n) is 11.8. The number of nitrogens with one attached hydrogen (secondary N) is 1. The molecule has 36 heavy (non-hydrogen) atoms. The summed E-state index contributed by atoms with van der Waals surface area (Å²) in [5, 5.41) is 7.23. The lowest BCUT2D eigenvalue weighted by molar-refractivity contribution is 0.0486. The zero-order valence-electron chi connectivity index (χ0n) is 19.9. The van der Waals surface area contributed by atoms with Crippen molar-refractivity contribution in [2.24, 2.45) is 0 Å². The molecule has 0 radical (unpaired) electrons. The van der Waals surface area contributed by atoms with Gasteiger partial charge in [-0.05, 0) is 62.2 Å². The molecule has 0 aliphatic carbocycles. The molecule has 6 rings (SSSR count). The number of H-pyrrole nitrogens is 1. The number of ether oxygens (including phenoxy) is 4. The van der Waals surface area contributed by atoms with Crippen molar-refractivity contribution in [3.8, 4) is 34.5 Å². The van der Waals surface area contributed by atoms with E-state index >= 15 is 0 Å². The first-order valence-corrected chi connectivity index (χ1v) is 11.8. The van der Waals surface area contributed by atoms with E-state index in [1.807, 2.05) is 38.1 Å². The van der Waals surface area contributed by atoms with E-state index in [1.54, 1.807) is 29.0 Å². The minimum Gasteiger partial charge on any atom is -0.484 e. The molecule has 4 aromatic rings. The van der Waals surface area contributed by atoms with E-state index in [2.05, 4.69) is 20.2 Å². The predicted octanol–water partition coefficient (Wildman–Crippen LogP) is 3.25. The van der Waals surface area contributed by atoms with E-state index in [1.165, 1.54) is 0 Å². The zero-order valence-corrected chi connectivity index (χ0v) is 19.9. The molecule has 1 aromatic carbocycles. The van der Waals surface area contributed by atoms with Gasteiger partial charge in [-0.2, -0.15) is 10.1 Å². The largest absolute Gasteiger partial charge is 0.484 e. The van der Waals surface area contributed by atoms with Gasteiger partial charge >= 0.3 is 5.69 Å². The van der Waals surface area contributed by atoms with Crippen LogP contribution in [0.5, 0.6) is 23.3 Å². The molecule has 3 aromatic heterocycles. The summed E-state index contributed by atoms with van der Waals surface area (Å²) in [7, 11) is 0. The second-order valence-corrected chi connectivity index (χ2v) is 8.89. The van der Waals surface area contributed by atoms with Gasteiger partial charge < -0.3 is 18.9 Å². The highest BCUT2D eigenvalue weighted by atomic mass is 16.6. The number of aromatic nitrogens is 5. The van der Waals surface area contributed by atoms with Crippen molar-refractivity contribution in [1.82, 2.24) is 24.7 Å². The summed E-state index contributed by atoms with van der Waals surface area (Å²) >= 11 is 0. The maximum absolute atomic E-state index is 12.8. The minimum absolute atomic E-state index is 0.189. The van der Waals surface area contributed by atoms with Gasteiger partial charge in [0.25, 0.3) is 5.88 Å². The summed E-state index contributed by atoms with van der Waals surface area (Å²) in [5.41, 5.74) is 4.32. The van der Waals surface area contributed by atoms with E-state index in [9.17, 15) is 4.79 Å². The van der Waals surface area contributed by atoms with Crippen LogP contribution in [-0.2, 0) is 13.0 Å². The number of nitrogens with zero attached hydrogens (tertiary/aromatic N) is 4. The average Bonchev–Trinajstić information content (AvgIpc) is 3.33. The van der Waals surface area contributed by atoms with E-state index in [4.69, 9.17) is 18.9 Å². The first kappa shape index (κ1) is 22.1. The van der Waals surface area contributed by atoms with Crippen LogP contribution in [0.2, 0.25) is 0 Å². The van der Waals surface area contributed by atoms with E-state index in [0.717, 1.165) is 34.0 Å². The smallest absolute Gasteiger partial charge is 0.351 e. The van der Waals surface area contributed by atoms with Crippen LogP contribution < -0.4 is 24.6 Å². The van der Waals surface area contributed by atoms with Crippen molar-refractivity contribution in [2.75, 3.05) is 13.2 Å². The number of hydrogen-bond donors (Lipinski definition) is 1. The molecular formula is C26H25N5O5. The Hall–Kier alpha value is -4.34. The number of fused-ring (bicyclic) bond motifs is 4. The van der Waals surface area contributed by atoms with Crippen LogP contribution in [0, 0.1) is 6.92 Å². The maximum atomic E-state index is 12.8. The minimum atomic E-state index is -0.341. The molecule has 0 amide bonds. The van der Waals surface area contributed by atoms with Gasteiger partial charge in [-0.15, -0.1) is 0 Å². The van der Waals surface area contributed by atoms with Crippen LogP contribution in [-0.4, -0.2) is 44.1 Å². The second kappa shape index (κ2) is 9.03. The van der Waals surface area contributed by atoms with Crippen molar-refractivity contribution < 1.29 is 18.9 Å². The van der Waals surface area contributed by atoms with Gasteiger partial charge in [-0.25, -0.2) is 9.78 Å². The fourth-order valence-corrected chi connectivity index (χ4v) is 4.46. The molecule has 2 atom stereocenters. The van der Waals surface area contributed by atoms with Crippen molar-refractivity contribution in [2.45, 2.75) is 39.0 Å². The third-order valence-electron chi connectivity index (χ3n) is 6.25. The number of pyridine rings is 1.